The van der Waals surface area contributed by atoms with E-state index in [1.807, 2.05) is 0 Å². The van der Waals surface area contributed by atoms with Crippen molar-refractivity contribution >= 4 is 10.1 Å². The third-order valence-electron chi connectivity index (χ3n) is 2.31. The zero-order chi connectivity index (χ0) is 13.9. The molecule has 0 aliphatic rings. The second-order valence-electron chi connectivity index (χ2n) is 3.88. The van der Waals surface area contributed by atoms with E-state index in [9.17, 15) is 17.4 Å². The van der Waals surface area contributed by atoms with Gasteiger partial charge >= 0.3 is 29.6 Å². The molecule has 0 N–H and O–H groups in total. The molecule has 2 aromatic carbocycles. The molecule has 4 nitrogen and oxygen atoms in total. The van der Waals surface area contributed by atoms with Crippen LogP contribution in [0.5, 0.6) is 11.5 Å². The first-order chi connectivity index (χ1) is 8.94. The minimum absolute atomic E-state index is 0. The van der Waals surface area contributed by atoms with Crippen LogP contribution in [-0.2, 0) is 15.9 Å². The van der Waals surface area contributed by atoms with Gasteiger partial charge in [-0.25, -0.2) is 12.8 Å². The molecule has 2 aromatic rings. The molecule has 0 bridgehead atoms. The van der Waals surface area contributed by atoms with Gasteiger partial charge in [-0.3, -0.25) is 0 Å². The third kappa shape index (κ3) is 5.22. The van der Waals surface area contributed by atoms with Gasteiger partial charge in [0.05, 0.1) is 15.9 Å². The average molecular weight is 304 g/mol. The molecule has 0 amide bonds. The zero-order valence-corrected chi connectivity index (χ0v) is 13.6. The Morgan fingerprint density at radius 1 is 1.10 bits per heavy atom. The summed E-state index contributed by atoms with van der Waals surface area (Å²) >= 11 is 0. The number of rotatable bonds is 4. The number of ether oxygens (including phenoxy) is 1. The maximum atomic E-state index is 13.5. The van der Waals surface area contributed by atoms with E-state index in [1.165, 1.54) is 12.1 Å². The summed E-state index contributed by atoms with van der Waals surface area (Å²) < 4.78 is 50.8. The fourth-order valence-electron chi connectivity index (χ4n) is 1.54. The van der Waals surface area contributed by atoms with Crippen LogP contribution in [-0.4, -0.2) is 13.0 Å². The van der Waals surface area contributed by atoms with Crippen molar-refractivity contribution in [3.63, 3.8) is 0 Å². The summed E-state index contributed by atoms with van der Waals surface area (Å²) in [5.41, 5.74) is 0.183. The zero-order valence-electron chi connectivity index (χ0n) is 10.7. The Morgan fingerprint density at radius 3 is 2.35 bits per heavy atom. The van der Waals surface area contributed by atoms with Gasteiger partial charge in [0.1, 0.15) is 5.75 Å². The first kappa shape index (κ1) is 17.1. The maximum absolute atomic E-state index is 13.5. The molecule has 0 saturated heterocycles. The number of hydrogen-bond acceptors (Lipinski definition) is 4. The number of para-hydroxylation sites is 1. The molecule has 0 atom stereocenters. The summed E-state index contributed by atoms with van der Waals surface area (Å²) in [5.74, 6) is -1.02. The van der Waals surface area contributed by atoms with Crippen molar-refractivity contribution in [1.82, 2.24) is 0 Å². The van der Waals surface area contributed by atoms with Crippen molar-refractivity contribution < 1.29 is 51.7 Å². The summed E-state index contributed by atoms with van der Waals surface area (Å²) in [5, 5.41) is 0. The van der Waals surface area contributed by atoms with E-state index < -0.39 is 21.7 Å². The Hall–Kier alpha value is -0.920. The van der Waals surface area contributed by atoms with Gasteiger partial charge in [-0.1, -0.05) is 24.3 Å². The van der Waals surface area contributed by atoms with E-state index in [-0.39, 0.29) is 40.9 Å². The molecule has 0 aliphatic carbocycles. The number of hydrogen-bond donors (Lipinski definition) is 0. The molecule has 7 heteroatoms. The van der Waals surface area contributed by atoms with E-state index in [0.29, 0.717) is 5.75 Å². The van der Waals surface area contributed by atoms with Crippen LogP contribution in [0.2, 0.25) is 0 Å². The molecule has 0 spiro atoms. The van der Waals surface area contributed by atoms with Gasteiger partial charge < -0.3 is 9.29 Å². The van der Waals surface area contributed by atoms with Crippen molar-refractivity contribution in [3.8, 4) is 11.5 Å². The monoisotopic (exact) mass is 304 g/mol. The van der Waals surface area contributed by atoms with Crippen molar-refractivity contribution in [2.75, 3.05) is 0 Å². The molecule has 0 aromatic heterocycles. The van der Waals surface area contributed by atoms with E-state index in [0.717, 1.165) is 6.07 Å². The van der Waals surface area contributed by atoms with Crippen molar-refractivity contribution in [2.45, 2.75) is 5.75 Å². The van der Waals surface area contributed by atoms with Crippen molar-refractivity contribution in [3.05, 3.63) is 59.9 Å². The van der Waals surface area contributed by atoms with E-state index in [1.54, 1.807) is 30.3 Å². The van der Waals surface area contributed by atoms with Gasteiger partial charge in [-0.2, -0.15) is 0 Å². The van der Waals surface area contributed by atoms with Gasteiger partial charge in [-0.05, 0) is 29.8 Å². The standard InChI is InChI=1S/C13H11FO4S.Na/c14-12-7-6-10(9-19(15,16)17)8-13(12)18-11-4-2-1-3-5-11;/h1-8H,9H2,(H,15,16,17);/q;+1/p-1. The maximum Gasteiger partial charge on any atom is 1.00 e. The van der Waals surface area contributed by atoms with Crippen LogP contribution in [0.1, 0.15) is 5.56 Å². The van der Waals surface area contributed by atoms with Crippen molar-refractivity contribution in [1.29, 1.82) is 0 Å². The second-order valence-corrected chi connectivity index (χ2v) is 5.29. The molecular formula is C13H10FNaO4S. The third-order valence-corrected chi connectivity index (χ3v) is 3.00. The predicted molar refractivity (Wildman–Crippen MR) is 66.3 cm³/mol. The first-order valence-electron chi connectivity index (χ1n) is 5.39. The Labute approximate surface area is 138 Å². The number of benzene rings is 2. The Bertz CT molecular complexity index is 674. The van der Waals surface area contributed by atoms with Crippen LogP contribution < -0.4 is 34.3 Å². The van der Waals surface area contributed by atoms with E-state index in [2.05, 4.69) is 0 Å². The first-order valence-corrected chi connectivity index (χ1v) is 6.97. The van der Waals surface area contributed by atoms with Crippen LogP contribution >= 0.6 is 0 Å². The summed E-state index contributed by atoms with van der Waals surface area (Å²) in [7, 11) is -4.41. The molecule has 0 fully saturated rings. The Morgan fingerprint density at radius 2 is 1.75 bits per heavy atom. The molecule has 20 heavy (non-hydrogen) atoms. The summed E-state index contributed by atoms with van der Waals surface area (Å²) in [6, 6.07) is 12.0. The van der Waals surface area contributed by atoms with Crippen molar-refractivity contribution in [2.24, 2.45) is 0 Å². The average Bonchev–Trinajstić information content (AvgIpc) is 2.33. The smallest absolute Gasteiger partial charge is 0.748 e. The molecule has 0 unspecified atom stereocenters. The van der Waals surface area contributed by atoms with Crippen LogP contribution in [0, 0.1) is 5.82 Å². The van der Waals surface area contributed by atoms with Crippen LogP contribution in [0.3, 0.4) is 0 Å². The molecule has 0 saturated carbocycles. The van der Waals surface area contributed by atoms with Gasteiger partial charge in [0.15, 0.2) is 11.6 Å². The fraction of sp³-hybridized carbons (Fsp3) is 0.0769. The van der Waals surface area contributed by atoms with E-state index in [4.69, 9.17) is 4.74 Å². The van der Waals surface area contributed by atoms with Gasteiger partial charge in [0.2, 0.25) is 0 Å². The molecular weight excluding hydrogens is 294 g/mol. The van der Waals surface area contributed by atoms with Gasteiger partial charge in [-0.15, -0.1) is 0 Å². The quantitative estimate of drug-likeness (QED) is 0.573. The molecule has 100 valence electrons. The van der Waals surface area contributed by atoms with Crippen LogP contribution in [0.4, 0.5) is 4.39 Å². The summed E-state index contributed by atoms with van der Waals surface area (Å²) in [4.78, 5) is 0. The molecule has 0 aliphatic heterocycles. The summed E-state index contributed by atoms with van der Waals surface area (Å²) in [6.45, 7) is 0. The predicted octanol–water partition coefficient (Wildman–Crippen LogP) is -0.333. The van der Waals surface area contributed by atoms with E-state index >= 15 is 0 Å². The van der Waals surface area contributed by atoms with Crippen LogP contribution in [0.25, 0.3) is 0 Å². The molecule has 0 heterocycles. The summed E-state index contributed by atoms with van der Waals surface area (Å²) in [6.07, 6.45) is 0. The van der Waals surface area contributed by atoms with Gasteiger partial charge in [0.25, 0.3) is 0 Å². The molecule has 0 radical (unpaired) electrons. The number of halogens is 1. The normalized spacial score (nSPS) is 10.7. The minimum Gasteiger partial charge on any atom is -0.748 e. The largest absolute Gasteiger partial charge is 1.00 e. The molecule has 2 rings (SSSR count). The topological polar surface area (TPSA) is 66.4 Å². The fourth-order valence-corrected chi connectivity index (χ4v) is 2.12. The SMILES string of the molecule is O=S(=O)([O-])Cc1ccc(F)c(Oc2ccccc2)c1.[Na+]. The minimum atomic E-state index is -4.41. The van der Waals surface area contributed by atoms with Gasteiger partial charge in [0, 0.05) is 0 Å². The second kappa shape index (κ2) is 7.19. The Balaban J connectivity index is 0.00000200. The Kier molecular flexibility index (Phi) is 6.16. The van der Waals surface area contributed by atoms with Crippen LogP contribution in [0.15, 0.2) is 48.5 Å².